The maximum atomic E-state index is 12.8. The highest BCUT2D eigenvalue weighted by molar-refractivity contribution is 8.00. The maximum absolute atomic E-state index is 12.8. The molecule has 9 heteroatoms. The zero-order valence-electron chi connectivity index (χ0n) is 13.8. The van der Waals surface area contributed by atoms with Crippen LogP contribution in [0, 0.1) is 0 Å². The van der Waals surface area contributed by atoms with Crippen LogP contribution in [0.3, 0.4) is 0 Å². The molecule has 1 aromatic heterocycles. The Morgan fingerprint density at radius 1 is 1.16 bits per heavy atom. The van der Waals surface area contributed by atoms with Crippen molar-refractivity contribution in [1.82, 2.24) is 14.9 Å². The lowest BCUT2D eigenvalue weighted by atomic mass is 10.3. The SMILES string of the molecule is O=C(CSC1CCCC1)N1CCN(c2cc(C(F)(F)F)ncn2)CC1. The van der Waals surface area contributed by atoms with E-state index in [-0.39, 0.29) is 11.7 Å². The van der Waals surface area contributed by atoms with Crippen LogP contribution in [-0.4, -0.2) is 58.0 Å². The first kappa shape index (κ1) is 18.3. The number of nitrogens with zero attached hydrogens (tertiary/aromatic N) is 4. The van der Waals surface area contributed by atoms with Crippen molar-refractivity contribution in [3.63, 3.8) is 0 Å². The molecule has 2 heterocycles. The predicted molar refractivity (Wildman–Crippen MR) is 90.5 cm³/mol. The molecule has 0 aromatic carbocycles. The van der Waals surface area contributed by atoms with Gasteiger partial charge < -0.3 is 9.80 Å². The number of aromatic nitrogens is 2. The fourth-order valence-corrected chi connectivity index (χ4v) is 4.42. The van der Waals surface area contributed by atoms with Gasteiger partial charge in [-0.25, -0.2) is 9.97 Å². The summed E-state index contributed by atoms with van der Waals surface area (Å²) in [6, 6.07) is 0.966. The van der Waals surface area contributed by atoms with Crippen LogP contribution in [-0.2, 0) is 11.0 Å². The van der Waals surface area contributed by atoms with Crippen molar-refractivity contribution in [3.8, 4) is 0 Å². The van der Waals surface area contributed by atoms with Crippen molar-refractivity contribution in [2.24, 2.45) is 0 Å². The number of rotatable bonds is 4. The van der Waals surface area contributed by atoms with Gasteiger partial charge in [-0.3, -0.25) is 4.79 Å². The number of amides is 1. The molecule has 0 bridgehead atoms. The Balaban J connectivity index is 1.50. The van der Waals surface area contributed by atoms with E-state index < -0.39 is 11.9 Å². The van der Waals surface area contributed by atoms with Crippen molar-refractivity contribution in [3.05, 3.63) is 18.1 Å². The summed E-state index contributed by atoms with van der Waals surface area (Å²) in [6.45, 7) is 1.98. The van der Waals surface area contributed by atoms with Gasteiger partial charge in [-0.05, 0) is 12.8 Å². The Hall–Kier alpha value is -1.51. The highest BCUT2D eigenvalue weighted by atomic mass is 32.2. The topological polar surface area (TPSA) is 49.3 Å². The van der Waals surface area contributed by atoms with E-state index in [1.807, 2.05) is 0 Å². The number of halogens is 3. The third-order valence-electron chi connectivity index (χ3n) is 4.64. The second-order valence-electron chi connectivity index (χ2n) is 6.34. The molecule has 1 aliphatic carbocycles. The Morgan fingerprint density at radius 3 is 2.48 bits per heavy atom. The van der Waals surface area contributed by atoms with Crippen LogP contribution in [0.1, 0.15) is 31.4 Å². The van der Waals surface area contributed by atoms with E-state index in [4.69, 9.17) is 0 Å². The highest BCUT2D eigenvalue weighted by Gasteiger charge is 2.33. The molecule has 3 rings (SSSR count). The molecule has 1 saturated heterocycles. The number of anilines is 1. The molecule has 1 aliphatic heterocycles. The third kappa shape index (κ3) is 4.77. The molecular formula is C16H21F3N4OS. The largest absolute Gasteiger partial charge is 0.433 e. The van der Waals surface area contributed by atoms with Gasteiger partial charge >= 0.3 is 6.18 Å². The maximum Gasteiger partial charge on any atom is 0.433 e. The normalized spacial score (nSPS) is 19.5. The van der Waals surface area contributed by atoms with Crippen LogP contribution in [0.2, 0.25) is 0 Å². The zero-order chi connectivity index (χ0) is 17.9. The smallest absolute Gasteiger partial charge is 0.353 e. The van der Waals surface area contributed by atoms with E-state index >= 15 is 0 Å². The minimum atomic E-state index is -4.48. The average molecular weight is 374 g/mol. The molecule has 0 unspecified atom stereocenters. The number of hydrogen-bond donors (Lipinski definition) is 0. The van der Waals surface area contributed by atoms with E-state index in [0.717, 1.165) is 12.4 Å². The summed E-state index contributed by atoms with van der Waals surface area (Å²) < 4.78 is 38.3. The summed E-state index contributed by atoms with van der Waals surface area (Å²) in [5, 5.41) is 0.604. The molecule has 138 valence electrons. The van der Waals surface area contributed by atoms with Crippen LogP contribution in [0.4, 0.5) is 19.0 Å². The lowest BCUT2D eigenvalue weighted by Gasteiger charge is -2.35. The van der Waals surface area contributed by atoms with Crippen LogP contribution in [0.15, 0.2) is 12.4 Å². The third-order valence-corrected chi connectivity index (χ3v) is 6.00. The fourth-order valence-electron chi connectivity index (χ4n) is 3.20. The highest BCUT2D eigenvalue weighted by Crippen LogP contribution is 2.30. The van der Waals surface area contributed by atoms with E-state index in [9.17, 15) is 18.0 Å². The lowest BCUT2D eigenvalue weighted by Crippen LogP contribution is -2.49. The van der Waals surface area contributed by atoms with Gasteiger partial charge in [0.15, 0.2) is 0 Å². The summed E-state index contributed by atoms with van der Waals surface area (Å²) in [7, 11) is 0. The summed E-state index contributed by atoms with van der Waals surface area (Å²) in [5.74, 6) is 0.876. The van der Waals surface area contributed by atoms with E-state index in [1.165, 1.54) is 25.7 Å². The van der Waals surface area contributed by atoms with Crippen LogP contribution in [0.25, 0.3) is 0 Å². The molecule has 25 heavy (non-hydrogen) atoms. The standard InChI is InChI=1S/C16H21F3N4OS/c17-16(18,19)13-9-14(21-11-20-13)22-5-7-23(8-6-22)15(24)10-25-12-3-1-2-4-12/h9,11-12H,1-8,10H2. The molecule has 0 N–H and O–H groups in total. The van der Waals surface area contributed by atoms with Crippen LogP contribution < -0.4 is 4.90 Å². The van der Waals surface area contributed by atoms with Gasteiger partial charge in [0.1, 0.15) is 17.8 Å². The molecule has 5 nitrogen and oxygen atoms in total. The Labute approximate surface area is 149 Å². The van der Waals surface area contributed by atoms with Gasteiger partial charge in [0.05, 0.1) is 5.75 Å². The molecule has 0 atom stereocenters. The minimum absolute atomic E-state index is 0.121. The van der Waals surface area contributed by atoms with Crippen molar-refractivity contribution < 1.29 is 18.0 Å². The first-order valence-corrected chi connectivity index (χ1v) is 9.52. The second kappa shape index (κ2) is 7.80. The number of thioether (sulfide) groups is 1. The first-order chi connectivity index (χ1) is 11.9. The predicted octanol–water partition coefficient (Wildman–Crippen LogP) is 2.82. The number of alkyl halides is 3. The van der Waals surface area contributed by atoms with Gasteiger partial charge in [0.25, 0.3) is 0 Å². The van der Waals surface area contributed by atoms with Crippen molar-refractivity contribution in [1.29, 1.82) is 0 Å². The van der Waals surface area contributed by atoms with Crippen molar-refractivity contribution in [2.45, 2.75) is 37.1 Å². The van der Waals surface area contributed by atoms with Gasteiger partial charge in [0.2, 0.25) is 5.91 Å². The second-order valence-corrected chi connectivity index (χ2v) is 7.63. The van der Waals surface area contributed by atoms with Crippen LogP contribution in [0.5, 0.6) is 0 Å². The molecule has 1 aromatic rings. The quantitative estimate of drug-likeness (QED) is 0.811. The number of piperazine rings is 1. The molecule has 2 fully saturated rings. The van der Waals surface area contributed by atoms with Gasteiger partial charge in [-0.1, -0.05) is 12.8 Å². The summed E-state index contributed by atoms with van der Waals surface area (Å²) >= 11 is 1.74. The van der Waals surface area contributed by atoms with Crippen LogP contribution >= 0.6 is 11.8 Å². The minimum Gasteiger partial charge on any atom is -0.353 e. The molecule has 0 spiro atoms. The summed E-state index contributed by atoms with van der Waals surface area (Å²) in [4.78, 5) is 23.1. The van der Waals surface area contributed by atoms with Gasteiger partial charge in [0, 0.05) is 37.5 Å². The monoisotopic (exact) mass is 374 g/mol. The van der Waals surface area contributed by atoms with Gasteiger partial charge in [-0.2, -0.15) is 13.2 Å². The average Bonchev–Trinajstić information content (AvgIpc) is 3.13. The Morgan fingerprint density at radius 2 is 1.84 bits per heavy atom. The molecule has 0 radical (unpaired) electrons. The summed E-state index contributed by atoms with van der Waals surface area (Å²) in [6.07, 6.45) is 1.36. The number of hydrogen-bond acceptors (Lipinski definition) is 5. The summed E-state index contributed by atoms with van der Waals surface area (Å²) in [5.41, 5.74) is -0.941. The zero-order valence-corrected chi connectivity index (χ0v) is 14.7. The molecular weight excluding hydrogens is 353 g/mol. The van der Waals surface area contributed by atoms with E-state index in [1.54, 1.807) is 21.6 Å². The van der Waals surface area contributed by atoms with E-state index in [2.05, 4.69) is 9.97 Å². The molecule has 2 aliphatic rings. The Bertz CT molecular complexity index is 599. The molecule has 1 amide bonds. The first-order valence-electron chi connectivity index (χ1n) is 8.47. The molecule has 1 saturated carbocycles. The lowest BCUT2D eigenvalue weighted by molar-refractivity contribution is -0.141. The van der Waals surface area contributed by atoms with Gasteiger partial charge in [-0.15, -0.1) is 11.8 Å². The Kier molecular flexibility index (Phi) is 5.71. The van der Waals surface area contributed by atoms with E-state index in [0.29, 0.717) is 37.2 Å². The number of carbonyl (C=O) groups is 1. The van der Waals surface area contributed by atoms with Crippen molar-refractivity contribution in [2.75, 3.05) is 36.8 Å². The fraction of sp³-hybridized carbons (Fsp3) is 0.688. The van der Waals surface area contributed by atoms with Crippen molar-refractivity contribution >= 4 is 23.5 Å². The number of carbonyl (C=O) groups excluding carboxylic acids is 1.